The average molecular weight is 580 g/mol. The van der Waals surface area contributed by atoms with Crippen molar-refractivity contribution >= 4 is 45.0 Å². The molecule has 3 atom stereocenters. The van der Waals surface area contributed by atoms with Crippen LogP contribution in [0.25, 0.3) is 0 Å². The molecule has 1 saturated carbocycles. The molecule has 1 unspecified atom stereocenters. The Morgan fingerprint density at radius 3 is 2.69 bits per heavy atom. The van der Waals surface area contributed by atoms with E-state index in [1.807, 2.05) is 0 Å². The highest BCUT2D eigenvalue weighted by Gasteiger charge is 2.33. The SMILES string of the molecule is COc1cc(C(=O)NC2CCCN(C)C2)ccc1Nc1ncc(Cl)c(N[C@@H]2CCCC[C@H]2N(C)S(C)(=O)=O)n1. The first-order valence-electron chi connectivity index (χ1n) is 13.2. The fourth-order valence-electron chi connectivity index (χ4n) is 5.27. The molecule has 214 valence electrons. The number of rotatable bonds is 9. The first-order valence-corrected chi connectivity index (χ1v) is 15.4. The molecule has 11 nitrogen and oxygen atoms in total. The van der Waals surface area contributed by atoms with Crippen LogP contribution in [-0.2, 0) is 10.0 Å². The van der Waals surface area contributed by atoms with Crippen molar-refractivity contribution < 1.29 is 17.9 Å². The molecule has 2 aromatic rings. The molecule has 0 radical (unpaired) electrons. The molecule has 39 heavy (non-hydrogen) atoms. The second-order valence-corrected chi connectivity index (χ2v) is 12.8. The van der Waals surface area contributed by atoms with E-state index in [4.69, 9.17) is 16.3 Å². The van der Waals surface area contributed by atoms with Crippen LogP contribution < -0.4 is 20.7 Å². The first-order chi connectivity index (χ1) is 18.5. The molecule has 1 aromatic carbocycles. The van der Waals surface area contributed by atoms with Crippen molar-refractivity contribution in [2.75, 3.05) is 51.2 Å². The highest BCUT2D eigenvalue weighted by molar-refractivity contribution is 7.88. The number of likely N-dealkylation sites (tertiary alicyclic amines) is 1. The summed E-state index contributed by atoms with van der Waals surface area (Å²) in [7, 11) is 1.86. The number of carbonyl (C=O) groups is 1. The highest BCUT2D eigenvalue weighted by Crippen LogP contribution is 2.31. The zero-order chi connectivity index (χ0) is 28.2. The molecule has 3 N–H and O–H groups in total. The second-order valence-electron chi connectivity index (χ2n) is 10.4. The number of halogens is 1. The molecule has 1 saturated heterocycles. The lowest BCUT2D eigenvalue weighted by Crippen LogP contribution is -2.49. The van der Waals surface area contributed by atoms with Gasteiger partial charge >= 0.3 is 0 Å². The number of benzene rings is 1. The number of amides is 1. The van der Waals surface area contributed by atoms with E-state index in [-0.39, 0.29) is 30.0 Å². The fraction of sp³-hybridized carbons (Fsp3) is 0.577. The molecule has 2 heterocycles. The maximum Gasteiger partial charge on any atom is 0.251 e. The van der Waals surface area contributed by atoms with Gasteiger partial charge in [0.15, 0.2) is 5.82 Å². The van der Waals surface area contributed by atoms with Gasteiger partial charge in [-0.25, -0.2) is 17.7 Å². The molecule has 1 aliphatic heterocycles. The summed E-state index contributed by atoms with van der Waals surface area (Å²) in [6, 6.07) is 4.94. The Labute approximate surface area is 235 Å². The monoisotopic (exact) mass is 579 g/mol. The van der Waals surface area contributed by atoms with Gasteiger partial charge in [0.25, 0.3) is 5.91 Å². The van der Waals surface area contributed by atoms with Crippen LogP contribution in [0.2, 0.25) is 5.02 Å². The second kappa shape index (κ2) is 12.7. The first kappa shape index (κ1) is 29.3. The highest BCUT2D eigenvalue weighted by atomic mass is 35.5. The standard InChI is InChI=1S/C26H38ClN7O4S/c1-33-13-7-8-18(16-33)29-25(35)17-11-12-21(23(14-17)38-3)31-26-28-15-19(27)24(32-26)30-20-9-5-6-10-22(20)34(2)39(4,36)37/h11-12,14-15,18,20,22H,5-10,13,16H2,1-4H3,(H,29,35)(H2,28,30,31,32)/t18?,20-,22-/m1/s1. The third kappa shape index (κ3) is 7.50. The van der Waals surface area contributed by atoms with Crippen LogP contribution >= 0.6 is 11.6 Å². The van der Waals surface area contributed by atoms with Gasteiger partial charge in [0.05, 0.1) is 25.2 Å². The Hall–Kier alpha value is -2.67. The summed E-state index contributed by atoms with van der Waals surface area (Å²) >= 11 is 6.42. The Bertz CT molecular complexity index is 1280. The maximum absolute atomic E-state index is 12.9. The summed E-state index contributed by atoms with van der Waals surface area (Å²) in [5, 5.41) is 9.95. The summed E-state index contributed by atoms with van der Waals surface area (Å²) in [4.78, 5) is 23.9. The molecule has 1 amide bonds. The number of likely N-dealkylation sites (N-methyl/N-ethyl adjacent to an activating group) is 2. The van der Waals surface area contributed by atoms with Gasteiger partial charge in [0.2, 0.25) is 16.0 Å². The predicted molar refractivity (Wildman–Crippen MR) is 154 cm³/mol. The number of piperidine rings is 1. The van der Waals surface area contributed by atoms with E-state index in [1.165, 1.54) is 23.9 Å². The number of sulfonamides is 1. The minimum absolute atomic E-state index is 0.120. The lowest BCUT2D eigenvalue weighted by Gasteiger charge is -2.37. The molecular formula is C26H38ClN7O4S. The Balaban J connectivity index is 1.48. The molecule has 2 aliphatic rings. The van der Waals surface area contributed by atoms with Crippen LogP contribution in [0.4, 0.5) is 17.5 Å². The van der Waals surface area contributed by atoms with Crippen molar-refractivity contribution in [3.8, 4) is 5.75 Å². The summed E-state index contributed by atoms with van der Waals surface area (Å²) in [6.45, 7) is 1.88. The van der Waals surface area contributed by atoms with Crippen molar-refractivity contribution in [2.45, 2.75) is 56.7 Å². The van der Waals surface area contributed by atoms with Crippen LogP contribution in [0.1, 0.15) is 48.9 Å². The number of anilines is 3. The predicted octanol–water partition coefficient (Wildman–Crippen LogP) is 3.32. The third-order valence-electron chi connectivity index (χ3n) is 7.46. The van der Waals surface area contributed by atoms with Crippen molar-refractivity contribution in [1.29, 1.82) is 0 Å². The van der Waals surface area contributed by atoms with Gasteiger partial charge in [-0.1, -0.05) is 24.4 Å². The number of methoxy groups -OCH3 is 1. The third-order valence-corrected chi connectivity index (χ3v) is 9.05. The van der Waals surface area contributed by atoms with Crippen LogP contribution in [0.3, 0.4) is 0 Å². The van der Waals surface area contributed by atoms with Crippen molar-refractivity contribution in [3.63, 3.8) is 0 Å². The molecular weight excluding hydrogens is 542 g/mol. The van der Waals surface area contributed by atoms with E-state index >= 15 is 0 Å². The summed E-state index contributed by atoms with van der Waals surface area (Å²) in [5.74, 6) is 1.03. The van der Waals surface area contributed by atoms with E-state index in [2.05, 4.69) is 37.9 Å². The van der Waals surface area contributed by atoms with Gasteiger partial charge in [-0.2, -0.15) is 4.98 Å². The largest absolute Gasteiger partial charge is 0.495 e. The van der Waals surface area contributed by atoms with E-state index in [9.17, 15) is 13.2 Å². The normalized spacial score (nSPS) is 22.4. The number of aromatic nitrogens is 2. The average Bonchev–Trinajstić information content (AvgIpc) is 2.90. The van der Waals surface area contributed by atoms with Gasteiger partial charge in [0, 0.05) is 37.3 Å². The number of ether oxygens (including phenoxy) is 1. The van der Waals surface area contributed by atoms with E-state index in [0.29, 0.717) is 27.8 Å². The quantitative estimate of drug-likeness (QED) is 0.410. The zero-order valence-electron chi connectivity index (χ0n) is 22.9. The molecule has 1 aliphatic carbocycles. The number of nitrogens with zero attached hydrogens (tertiary/aromatic N) is 4. The van der Waals surface area contributed by atoms with Crippen molar-refractivity contribution in [3.05, 3.63) is 35.0 Å². The summed E-state index contributed by atoms with van der Waals surface area (Å²) in [5.41, 5.74) is 1.09. The summed E-state index contributed by atoms with van der Waals surface area (Å²) in [6.07, 6.45) is 8.21. The van der Waals surface area contributed by atoms with E-state index in [1.54, 1.807) is 25.2 Å². The van der Waals surface area contributed by atoms with Gasteiger partial charge in [-0.15, -0.1) is 0 Å². The van der Waals surface area contributed by atoms with Gasteiger partial charge in [-0.05, 0) is 57.5 Å². The molecule has 13 heteroatoms. The lowest BCUT2D eigenvalue weighted by atomic mass is 9.90. The Morgan fingerprint density at radius 2 is 1.97 bits per heavy atom. The number of hydrogen-bond acceptors (Lipinski definition) is 9. The van der Waals surface area contributed by atoms with Crippen LogP contribution in [0.15, 0.2) is 24.4 Å². The van der Waals surface area contributed by atoms with Crippen LogP contribution in [-0.4, -0.2) is 92.2 Å². The molecule has 0 bridgehead atoms. The number of nitrogens with one attached hydrogen (secondary N) is 3. The minimum Gasteiger partial charge on any atom is -0.495 e. The van der Waals surface area contributed by atoms with Gasteiger partial charge in [0.1, 0.15) is 10.8 Å². The minimum atomic E-state index is -3.34. The molecule has 0 spiro atoms. The van der Waals surface area contributed by atoms with E-state index in [0.717, 1.165) is 51.6 Å². The van der Waals surface area contributed by atoms with Gasteiger partial charge < -0.3 is 25.6 Å². The zero-order valence-corrected chi connectivity index (χ0v) is 24.5. The van der Waals surface area contributed by atoms with Crippen molar-refractivity contribution in [2.24, 2.45) is 0 Å². The molecule has 2 fully saturated rings. The lowest BCUT2D eigenvalue weighted by molar-refractivity contribution is 0.0912. The van der Waals surface area contributed by atoms with E-state index < -0.39 is 10.0 Å². The maximum atomic E-state index is 12.9. The topological polar surface area (TPSA) is 129 Å². The number of hydrogen-bond donors (Lipinski definition) is 3. The fourth-order valence-corrected chi connectivity index (χ4v) is 6.16. The van der Waals surface area contributed by atoms with Crippen LogP contribution in [0, 0.1) is 0 Å². The van der Waals surface area contributed by atoms with Crippen LogP contribution in [0.5, 0.6) is 5.75 Å². The molecule has 1 aromatic heterocycles. The van der Waals surface area contributed by atoms with Gasteiger partial charge in [-0.3, -0.25) is 4.79 Å². The number of carbonyl (C=O) groups excluding carboxylic acids is 1. The Kier molecular flexibility index (Phi) is 9.52. The van der Waals surface area contributed by atoms with Crippen molar-refractivity contribution in [1.82, 2.24) is 24.5 Å². The summed E-state index contributed by atoms with van der Waals surface area (Å²) < 4.78 is 31.4. The molecule has 4 rings (SSSR count). The Morgan fingerprint density at radius 1 is 1.21 bits per heavy atom. The smallest absolute Gasteiger partial charge is 0.251 e.